The van der Waals surface area contributed by atoms with Crippen molar-refractivity contribution < 1.29 is 9.15 Å². The number of para-hydroxylation sites is 1. The lowest BCUT2D eigenvalue weighted by Gasteiger charge is -2.29. The van der Waals surface area contributed by atoms with Gasteiger partial charge in [0.1, 0.15) is 11.3 Å². The fourth-order valence-corrected chi connectivity index (χ4v) is 3.14. The number of hydrogen-bond donors (Lipinski definition) is 0. The topological polar surface area (TPSA) is 22.4 Å². The minimum absolute atomic E-state index is 0.159. The molecule has 0 spiro atoms. The molecule has 0 bridgehead atoms. The van der Waals surface area contributed by atoms with E-state index in [1.807, 2.05) is 18.2 Å². The highest BCUT2D eigenvalue weighted by atomic mass is 127. The van der Waals surface area contributed by atoms with Gasteiger partial charge in [-0.3, -0.25) is 0 Å². The Hall–Kier alpha value is -0.593. The zero-order valence-corrected chi connectivity index (χ0v) is 17.8. The van der Waals surface area contributed by atoms with Gasteiger partial charge in [0, 0.05) is 27.2 Å². The SMILES string of the molecule is C[SiH](C)C(C)(C)COC(/C=C/I)CCc1cc2ccccc2o1. The van der Waals surface area contributed by atoms with Crippen LogP contribution >= 0.6 is 22.6 Å². The van der Waals surface area contributed by atoms with Crippen LogP contribution in [0.15, 0.2) is 44.9 Å². The Bertz CT molecular complexity index is 613. The van der Waals surface area contributed by atoms with E-state index in [-0.39, 0.29) is 6.10 Å². The molecule has 0 fully saturated rings. The van der Waals surface area contributed by atoms with Gasteiger partial charge in [0.25, 0.3) is 0 Å². The maximum atomic E-state index is 6.21. The van der Waals surface area contributed by atoms with E-state index in [0.717, 1.165) is 30.8 Å². The van der Waals surface area contributed by atoms with Crippen LogP contribution in [0, 0.1) is 0 Å². The van der Waals surface area contributed by atoms with Crippen molar-refractivity contribution in [1.82, 2.24) is 0 Å². The first-order chi connectivity index (χ1) is 10.9. The number of aryl methyl sites for hydroxylation is 1. The molecule has 0 aliphatic carbocycles. The maximum absolute atomic E-state index is 6.21. The van der Waals surface area contributed by atoms with Crippen LogP contribution in [0.5, 0.6) is 0 Å². The molecule has 1 aromatic carbocycles. The minimum Gasteiger partial charge on any atom is -0.461 e. The third-order valence-electron chi connectivity index (χ3n) is 4.67. The van der Waals surface area contributed by atoms with Crippen molar-refractivity contribution >= 4 is 42.4 Å². The molecule has 0 saturated heterocycles. The molecule has 23 heavy (non-hydrogen) atoms. The Morgan fingerprint density at radius 3 is 2.70 bits per heavy atom. The van der Waals surface area contributed by atoms with Crippen molar-refractivity contribution in [1.29, 1.82) is 0 Å². The second kappa shape index (κ2) is 8.49. The van der Waals surface area contributed by atoms with Crippen molar-refractivity contribution in [2.24, 2.45) is 0 Å². The monoisotopic (exact) mass is 442 g/mol. The molecule has 0 aliphatic heterocycles. The first kappa shape index (κ1) is 18.7. The number of fused-ring (bicyclic) bond motifs is 1. The Balaban J connectivity index is 1.94. The molecule has 0 N–H and O–H groups in total. The Morgan fingerprint density at radius 2 is 2.04 bits per heavy atom. The second-order valence-electron chi connectivity index (χ2n) is 7.10. The van der Waals surface area contributed by atoms with E-state index >= 15 is 0 Å². The number of rotatable bonds is 8. The van der Waals surface area contributed by atoms with Crippen LogP contribution in [0.25, 0.3) is 11.0 Å². The molecular weight excluding hydrogens is 415 g/mol. The lowest BCUT2D eigenvalue weighted by Crippen LogP contribution is -2.28. The summed E-state index contributed by atoms with van der Waals surface area (Å²) in [6, 6.07) is 10.3. The van der Waals surface area contributed by atoms with E-state index in [2.05, 4.69) is 71.8 Å². The lowest BCUT2D eigenvalue weighted by molar-refractivity contribution is 0.0628. The number of halogens is 1. The summed E-state index contributed by atoms with van der Waals surface area (Å²) in [4.78, 5) is 0. The summed E-state index contributed by atoms with van der Waals surface area (Å²) in [5, 5.41) is 1.51. The second-order valence-corrected chi connectivity index (χ2v) is 11.7. The van der Waals surface area contributed by atoms with Gasteiger partial charge in [-0.25, -0.2) is 0 Å². The molecule has 1 atom stereocenters. The number of ether oxygens (including phenoxy) is 1. The minimum atomic E-state index is -0.728. The summed E-state index contributed by atoms with van der Waals surface area (Å²) in [5.74, 6) is 1.04. The van der Waals surface area contributed by atoms with Crippen molar-refractivity contribution in [3.63, 3.8) is 0 Å². The average Bonchev–Trinajstić information content (AvgIpc) is 2.92. The molecule has 2 aromatic rings. The molecule has 4 heteroatoms. The molecule has 1 aromatic heterocycles. The predicted molar refractivity (Wildman–Crippen MR) is 110 cm³/mol. The van der Waals surface area contributed by atoms with Crippen molar-refractivity contribution in [3.05, 3.63) is 46.3 Å². The van der Waals surface area contributed by atoms with E-state index in [1.165, 1.54) is 5.39 Å². The van der Waals surface area contributed by atoms with Gasteiger partial charge in [-0.1, -0.05) is 67.7 Å². The highest BCUT2D eigenvalue weighted by Gasteiger charge is 2.24. The van der Waals surface area contributed by atoms with E-state index in [0.29, 0.717) is 5.04 Å². The fraction of sp³-hybridized carbons (Fsp3) is 0.474. The highest BCUT2D eigenvalue weighted by Crippen LogP contribution is 2.29. The predicted octanol–water partition coefficient (Wildman–Crippen LogP) is 5.97. The zero-order valence-electron chi connectivity index (χ0n) is 14.5. The first-order valence-corrected chi connectivity index (χ1v) is 12.4. The molecule has 1 heterocycles. The van der Waals surface area contributed by atoms with Gasteiger partial charge < -0.3 is 9.15 Å². The summed E-state index contributed by atoms with van der Waals surface area (Å²) in [5.41, 5.74) is 0.969. The third kappa shape index (κ3) is 5.47. The summed E-state index contributed by atoms with van der Waals surface area (Å²) < 4.78 is 14.2. The third-order valence-corrected chi connectivity index (χ3v) is 8.38. The van der Waals surface area contributed by atoms with Crippen LogP contribution < -0.4 is 0 Å². The van der Waals surface area contributed by atoms with Crippen LogP contribution in [-0.2, 0) is 11.2 Å². The van der Waals surface area contributed by atoms with Crippen molar-refractivity contribution in [2.75, 3.05) is 6.61 Å². The molecule has 2 rings (SSSR count). The van der Waals surface area contributed by atoms with Gasteiger partial charge in [-0.15, -0.1) is 0 Å². The van der Waals surface area contributed by atoms with Gasteiger partial charge >= 0.3 is 0 Å². The Labute approximate surface area is 155 Å². The summed E-state index contributed by atoms with van der Waals surface area (Å²) in [6.07, 6.45) is 4.17. The average molecular weight is 442 g/mol. The largest absolute Gasteiger partial charge is 0.461 e. The quantitative estimate of drug-likeness (QED) is 0.372. The Kier molecular flexibility index (Phi) is 6.92. The standard InChI is InChI=1S/C19H27IO2Si/c1-19(2,23(3)4)14-21-16(11-12-20)9-10-17-13-15-7-5-6-8-18(15)22-17/h5-8,11-13,16,23H,9-10,14H2,1-4H3/b12-11+. The van der Waals surface area contributed by atoms with Gasteiger partial charge in [0.15, 0.2) is 0 Å². The van der Waals surface area contributed by atoms with E-state index in [9.17, 15) is 0 Å². The Morgan fingerprint density at radius 1 is 1.30 bits per heavy atom. The first-order valence-electron chi connectivity index (χ1n) is 8.28. The summed E-state index contributed by atoms with van der Waals surface area (Å²) in [7, 11) is -0.728. The maximum Gasteiger partial charge on any atom is 0.134 e. The molecule has 0 aliphatic rings. The molecular formula is C19H27IO2Si. The van der Waals surface area contributed by atoms with Crippen molar-refractivity contribution in [2.45, 2.75) is 50.9 Å². The van der Waals surface area contributed by atoms with E-state index in [1.54, 1.807) is 0 Å². The van der Waals surface area contributed by atoms with Crippen LogP contribution in [0.1, 0.15) is 26.0 Å². The van der Waals surface area contributed by atoms with Gasteiger partial charge in [-0.05, 0) is 33.8 Å². The van der Waals surface area contributed by atoms with Gasteiger partial charge in [0.05, 0.1) is 6.10 Å². The zero-order chi connectivity index (χ0) is 16.9. The van der Waals surface area contributed by atoms with Crippen LogP contribution in [0.2, 0.25) is 18.1 Å². The van der Waals surface area contributed by atoms with Crippen LogP contribution in [0.4, 0.5) is 0 Å². The fourth-order valence-electron chi connectivity index (χ4n) is 2.25. The lowest BCUT2D eigenvalue weighted by atomic mass is 10.1. The van der Waals surface area contributed by atoms with Crippen molar-refractivity contribution in [3.8, 4) is 0 Å². The molecule has 0 radical (unpaired) electrons. The van der Waals surface area contributed by atoms with Gasteiger partial charge in [0.2, 0.25) is 0 Å². The molecule has 0 saturated carbocycles. The van der Waals surface area contributed by atoms with E-state index in [4.69, 9.17) is 9.15 Å². The normalized spacial score (nSPS) is 14.2. The van der Waals surface area contributed by atoms with Crippen LogP contribution in [0.3, 0.4) is 0 Å². The summed E-state index contributed by atoms with van der Waals surface area (Å²) in [6.45, 7) is 10.3. The van der Waals surface area contributed by atoms with E-state index < -0.39 is 8.80 Å². The summed E-state index contributed by atoms with van der Waals surface area (Å²) >= 11 is 2.27. The van der Waals surface area contributed by atoms with Gasteiger partial charge in [-0.2, -0.15) is 0 Å². The van der Waals surface area contributed by atoms with Crippen LogP contribution in [-0.4, -0.2) is 21.5 Å². The molecule has 2 nitrogen and oxygen atoms in total. The molecule has 0 amide bonds. The highest BCUT2D eigenvalue weighted by molar-refractivity contribution is 14.1. The number of benzene rings is 1. The number of furan rings is 1. The molecule has 126 valence electrons. The molecule has 1 unspecified atom stereocenters. The smallest absolute Gasteiger partial charge is 0.134 e. The number of hydrogen-bond acceptors (Lipinski definition) is 2.